The number of carboxylic acid groups (broad SMARTS) is 1. The van der Waals surface area contributed by atoms with E-state index in [4.69, 9.17) is 0 Å². The summed E-state index contributed by atoms with van der Waals surface area (Å²) in [7, 11) is 0. The van der Waals surface area contributed by atoms with Crippen LogP contribution in [0.25, 0.3) is 0 Å². The third kappa shape index (κ3) is 4.33. The molecule has 2 amide bonds. The normalized spacial score (nSPS) is 27.9. The van der Waals surface area contributed by atoms with E-state index in [1.165, 1.54) is 6.42 Å². The van der Waals surface area contributed by atoms with Gasteiger partial charge in [-0.3, -0.25) is 25.2 Å². The van der Waals surface area contributed by atoms with Crippen molar-refractivity contribution in [2.45, 2.75) is 51.9 Å². The van der Waals surface area contributed by atoms with Gasteiger partial charge >= 0.3 is 5.97 Å². The summed E-state index contributed by atoms with van der Waals surface area (Å²) < 4.78 is 0. The van der Waals surface area contributed by atoms with Gasteiger partial charge in [0.2, 0.25) is 11.8 Å². The molecule has 4 unspecified atom stereocenters. The van der Waals surface area contributed by atoms with Crippen molar-refractivity contribution in [2.75, 3.05) is 0 Å². The molecule has 2 aliphatic carbocycles. The van der Waals surface area contributed by atoms with Gasteiger partial charge in [-0.15, -0.1) is 0 Å². The largest absolute Gasteiger partial charge is 0.481 e. The number of unbranched alkanes of at least 4 members (excludes halogenated alkanes) is 4. The van der Waals surface area contributed by atoms with Crippen LogP contribution in [-0.2, 0) is 14.4 Å². The number of carbonyl (C=O) groups excluding carboxylic acids is 2. The van der Waals surface area contributed by atoms with Crippen LogP contribution in [0.4, 0.5) is 0 Å². The number of carbonyl (C=O) groups is 3. The lowest BCUT2D eigenvalue weighted by Crippen LogP contribution is -2.48. The van der Waals surface area contributed by atoms with Gasteiger partial charge in [-0.1, -0.05) is 44.8 Å². The van der Waals surface area contributed by atoms with Crippen molar-refractivity contribution in [1.82, 2.24) is 10.9 Å². The molecule has 2 bridgehead atoms. The van der Waals surface area contributed by atoms with E-state index in [9.17, 15) is 19.5 Å². The average Bonchev–Trinajstić information content (AvgIpc) is 3.13. The van der Waals surface area contributed by atoms with E-state index in [0.29, 0.717) is 12.8 Å². The molecule has 0 saturated heterocycles. The lowest BCUT2D eigenvalue weighted by molar-refractivity contribution is -0.148. The lowest BCUT2D eigenvalue weighted by Gasteiger charge is -2.23. The number of hydrazine groups is 1. The van der Waals surface area contributed by atoms with Gasteiger partial charge in [-0.25, -0.2) is 0 Å². The SMILES string of the molecule is CCCCCCCC(=O)NNC(=O)C1C2C=CC(C2)C1C(=O)O. The Morgan fingerprint density at radius 1 is 1.00 bits per heavy atom. The highest BCUT2D eigenvalue weighted by Gasteiger charge is 2.51. The van der Waals surface area contributed by atoms with Crippen molar-refractivity contribution >= 4 is 17.8 Å². The summed E-state index contributed by atoms with van der Waals surface area (Å²) in [6, 6.07) is 0. The number of fused-ring (bicyclic) bond motifs is 2. The second kappa shape index (κ2) is 8.13. The molecule has 0 aromatic heterocycles. The maximum absolute atomic E-state index is 12.2. The van der Waals surface area contributed by atoms with Crippen LogP contribution in [0.15, 0.2) is 12.2 Å². The highest BCUT2D eigenvalue weighted by Crippen LogP contribution is 2.48. The van der Waals surface area contributed by atoms with Crippen molar-refractivity contribution in [2.24, 2.45) is 23.7 Å². The Balaban J connectivity index is 1.73. The molecule has 128 valence electrons. The minimum atomic E-state index is -0.941. The Morgan fingerprint density at radius 3 is 2.30 bits per heavy atom. The first-order valence-corrected chi connectivity index (χ1v) is 8.54. The smallest absolute Gasteiger partial charge is 0.307 e. The first-order valence-electron chi connectivity index (χ1n) is 8.54. The number of hydrogen-bond donors (Lipinski definition) is 3. The molecular weight excluding hydrogens is 296 g/mol. The second-order valence-electron chi connectivity index (χ2n) is 6.54. The molecule has 4 atom stereocenters. The third-order valence-electron chi connectivity index (χ3n) is 4.88. The van der Waals surface area contributed by atoms with E-state index < -0.39 is 23.7 Å². The molecule has 0 heterocycles. The highest BCUT2D eigenvalue weighted by molar-refractivity contribution is 5.88. The summed E-state index contributed by atoms with van der Waals surface area (Å²) in [6.45, 7) is 2.14. The average molecular weight is 322 g/mol. The van der Waals surface area contributed by atoms with E-state index in [1.807, 2.05) is 12.2 Å². The first-order chi connectivity index (χ1) is 11.0. The molecule has 2 aliphatic rings. The highest BCUT2D eigenvalue weighted by atomic mass is 16.4. The van der Waals surface area contributed by atoms with Crippen molar-refractivity contribution in [3.05, 3.63) is 12.2 Å². The number of rotatable bonds is 8. The Labute approximate surface area is 136 Å². The molecule has 6 nitrogen and oxygen atoms in total. The van der Waals surface area contributed by atoms with E-state index >= 15 is 0 Å². The number of aliphatic carboxylic acids is 1. The zero-order chi connectivity index (χ0) is 16.8. The molecule has 0 radical (unpaired) electrons. The predicted molar refractivity (Wildman–Crippen MR) is 85.0 cm³/mol. The van der Waals surface area contributed by atoms with E-state index in [2.05, 4.69) is 17.8 Å². The zero-order valence-electron chi connectivity index (χ0n) is 13.6. The first kappa shape index (κ1) is 17.5. The quantitative estimate of drug-likeness (QED) is 0.362. The van der Waals surface area contributed by atoms with Gasteiger partial charge in [0.25, 0.3) is 0 Å². The summed E-state index contributed by atoms with van der Waals surface area (Å²) in [5, 5.41) is 9.32. The van der Waals surface area contributed by atoms with Crippen LogP contribution < -0.4 is 10.9 Å². The Morgan fingerprint density at radius 2 is 1.65 bits per heavy atom. The van der Waals surface area contributed by atoms with Crippen LogP contribution >= 0.6 is 0 Å². The molecule has 6 heteroatoms. The Kier molecular flexibility index (Phi) is 6.19. The fourth-order valence-electron chi connectivity index (χ4n) is 3.68. The van der Waals surface area contributed by atoms with Gasteiger partial charge in [-0.05, 0) is 24.7 Å². The molecule has 1 fully saturated rings. The summed E-state index contributed by atoms with van der Waals surface area (Å²) in [5.41, 5.74) is 4.82. The summed E-state index contributed by atoms with van der Waals surface area (Å²) in [4.78, 5) is 35.3. The molecule has 0 aromatic rings. The van der Waals surface area contributed by atoms with Gasteiger partial charge in [0.15, 0.2) is 0 Å². The third-order valence-corrected chi connectivity index (χ3v) is 4.88. The molecule has 3 N–H and O–H groups in total. The van der Waals surface area contributed by atoms with Crippen LogP contribution in [0.5, 0.6) is 0 Å². The van der Waals surface area contributed by atoms with Crippen LogP contribution in [-0.4, -0.2) is 22.9 Å². The fraction of sp³-hybridized carbons (Fsp3) is 0.706. The van der Waals surface area contributed by atoms with Crippen LogP contribution in [0.1, 0.15) is 51.9 Å². The summed E-state index contributed by atoms with van der Waals surface area (Å²) in [5.74, 6) is -2.93. The van der Waals surface area contributed by atoms with Gasteiger partial charge in [0.05, 0.1) is 11.8 Å². The molecule has 0 spiro atoms. The number of carboxylic acids is 1. The van der Waals surface area contributed by atoms with Crippen LogP contribution in [0, 0.1) is 23.7 Å². The second-order valence-corrected chi connectivity index (χ2v) is 6.54. The number of hydrogen-bond acceptors (Lipinski definition) is 3. The molecule has 2 rings (SSSR count). The topological polar surface area (TPSA) is 95.5 Å². The van der Waals surface area contributed by atoms with Crippen molar-refractivity contribution in [1.29, 1.82) is 0 Å². The minimum Gasteiger partial charge on any atom is -0.481 e. The van der Waals surface area contributed by atoms with Gasteiger partial charge in [-0.2, -0.15) is 0 Å². The van der Waals surface area contributed by atoms with E-state index in [1.54, 1.807) is 0 Å². The van der Waals surface area contributed by atoms with Crippen molar-refractivity contribution in [3.63, 3.8) is 0 Å². The molecular formula is C17H26N2O4. The van der Waals surface area contributed by atoms with Crippen molar-refractivity contribution < 1.29 is 19.5 Å². The standard InChI is InChI=1S/C17H26N2O4/c1-2-3-4-5-6-7-13(20)18-19-16(21)14-11-8-9-12(10-11)15(14)17(22)23/h8-9,11-12,14-15H,2-7,10H2,1H3,(H,18,20)(H,19,21)(H,22,23). The monoisotopic (exact) mass is 322 g/mol. The van der Waals surface area contributed by atoms with E-state index in [-0.39, 0.29) is 17.7 Å². The fourth-order valence-corrected chi connectivity index (χ4v) is 3.68. The molecule has 1 saturated carbocycles. The maximum Gasteiger partial charge on any atom is 0.307 e. The number of amides is 2. The molecule has 23 heavy (non-hydrogen) atoms. The Bertz CT molecular complexity index is 489. The zero-order valence-corrected chi connectivity index (χ0v) is 13.6. The number of allylic oxidation sites excluding steroid dienone is 2. The Hall–Kier alpha value is -1.85. The van der Waals surface area contributed by atoms with Gasteiger partial charge < -0.3 is 5.11 Å². The van der Waals surface area contributed by atoms with Gasteiger partial charge in [0.1, 0.15) is 0 Å². The predicted octanol–water partition coefficient (Wildman–Crippen LogP) is 2.02. The van der Waals surface area contributed by atoms with Gasteiger partial charge in [0, 0.05) is 6.42 Å². The van der Waals surface area contributed by atoms with Crippen molar-refractivity contribution in [3.8, 4) is 0 Å². The summed E-state index contributed by atoms with van der Waals surface area (Å²) in [6.07, 6.45) is 10.2. The number of nitrogens with one attached hydrogen (secondary N) is 2. The van der Waals surface area contributed by atoms with E-state index in [0.717, 1.165) is 25.7 Å². The van der Waals surface area contributed by atoms with Crippen LogP contribution in [0.2, 0.25) is 0 Å². The maximum atomic E-state index is 12.2. The van der Waals surface area contributed by atoms with Crippen LogP contribution in [0.3, 0.4) is 0 Å². The summed E-state index contributed by atoms with van der Waals surface area (Å²) >= 11 is 0. The molecule has 0 aromatic carbocycles. The minimum absolute atomic E-state index is 0.0351. The lowest BCUT2D eigenvalue weighted by atomic mass is 9.82. The molecule has 0 aliphatic heterocycles.